The van der Waals surface area contributed by atoms with Crippen LogP contribution in [0.1, 0.15) is 19.8 Å². The van der Waals surface area contributed by atoms with Crippen LogP contribution in [-0.2, 0) is 18.6 Å². The van der Waals surface area contributed by atoms with E-state index in [1.165, 1.54) is 0 Å². The molecule has 1 aromatic rings. The Morgan fingerprint density at radius 3 is 2.80 bits per heavy atom. The molecule has 1 aliphatic rings. The minimum absolute atomic E-state index is 0.0000120. The van der Waals surface area contributed by atoms with Crippen molar-refractivity contribution < 1.29 is 18.6 Å². The first-order chi connectivity index (χ1) is 9.66. The average Bonchev–Trinajstić information content (AvgIpc) is 2.64. The van der Waals surface area contributed by atoms with E-state index in [2.05, 4.69) is 0 Å². The molecule has 0 aliphatic carbocycles. The maximum atomic E-state index is 13.2. The number of rotatable bonds is 4. The van der Waals surface area contributed by atoms with Gasteiger partial charge in [-0.2, -0.15) is 0 Å². The first kappa shape index (κ1) is 15.2. The number of hydrogen-bond acceptors (Lipinski definition) is 4. The van der Waals surface area contributed by atoms with Crippen molar-refractivity contribution in [1.82, 2.24) is 4.67 Å². The van der Waals surface area contributed by atoms with E-state index >= 15 is 0 Å². The second-order valence-electron chi connectivity index (χ2n) is 4.59. The monoisotopic (exact) mass is 297 g/mol. The summed E-state index contributed by atoms with van der Waals surface area (Å²) >= 11 is 0. The number of hydrogen-bond donors (Lipinski definition) is 0. The molecule has 5 nitrogen and oxygen atoms in total. The lowest BCUT2D eigenvalue weighted by Crippen LogP contribution is -2.32. The Kier molecular flexibility index (Phi) is 5.35. The number of carbonyl (C=O) groups is 1. The van der Waals surface area contributed by atoms with Gasteiger partial charge in [-0.15, -0.1) is 0 Å². The lowest BCUT2D eigenvalue weighted by atomic mass is 10.3. The smallest absolute Gasteiger partial charge is 0.320 e. The molecule has 20 heavy (non-hydrogen) atoms. The summed E-state index contributed by atoms with van der Waals surface area (Å²) in [6, 6.07) is 9.08. The molecule has 1 fully saturated rings. The maximum absolute atomic E-state index is 13.2. The minimum atomic E-state index is -3.16. The molecule has 1 unspecified atom stereocenters. The highest BCUT2D eigenvalue weighted by molar-refractivity contribution is 7.64. The molecule has 0 spiro atoms. The lowest BCUT2D eigenvalue weighted by molar-refractivity contribution is -0.143. The Bertz CT molecular complexity index is 491. The number of esters is 1. The molecule has 0 saturated carbocycles. The van der Waals surface area contributed by atoms with Gasteiger partial charge in [0.15, 0.2) is 0 Å². The number of nitrogens with zero attached hydrogens (tertiary/aromatic N) is 1. The van der Waals surface area contributed by atoms with Crippen molar-refractivity contribution in [3.05, 3.63) is 30.3 Å². The molecule has 1 aliphatic heterocycles. The zero-order chi connectivity index (χ0) is 14.4. The third kappa shape index (κ3) is 3.48. The summed E-state index contributed by atoms with van der Waals surface area (Å²) in [4.78, 5) is 11.7. The first-order valence-electron chi connectivity index (χ1n) is 6.88. The Balaban J connectivity index is 2.25. The number of ether oxygens (including phenoxy) is 1. The van der Waals surface area contributed by atoms with Crippen molar-refractivity contribution in [3.63, 3.8) is 0 Å². The van der Waals surface area contributed by atoms with E-state index in [0.29, 0.717) is 25.1 Å². The van der Waals surface area contributed by atoms with Crippen molar-refractivity contribution in [3.8, 4) is 0 Å². The van der Waals surface area contributed by atoms with E-state index < -0.39 is 7.52 Å². The molecule has 1 saturated heterocycles. The summed E-state index contributed by atoms with van der Waals surface area (Å²) < 4.78 is 25.5. The first-order valence-corrected chi connectivity index (χ1v) is 8.46. The minimum Gasteiger partial charge on any atom is -0.465 e. The highest BCUT2D eigenvalue weighted by atomic mass is 31.2. The van der Waals surface area contributed by atoms with Gasteiger partial charge in [0.05, 0.1) is 18.5 Å². The van der Waals surface area contributed by atoms with E-state index in [1.807, 2.05) is 18.2 Å². The molecule has 1 atom stereocenters. The molecule has 0 amide bonds. The van der Waals surface area contributed by atoms with Crippen molar-refractivity contribution in [1.29, 1.82) is 0 Å². The van der Waals surface area contributed by atoms with Crippen LogP contribution >= 0.6 is 7.52 Å². The summed E-state index contributed by atoms with van der Waals surface area (Å²) in [6.07, 6.45) is 1.70. The standard InChI is InChI=1S/C14H20NO4P/c1-2-18-14(16)12-15-10-6-7-11-19-20(15,17)13-8-4-3-5-9-13/h3-5,8-9H,2,6-7,10-12H2,1H3. The van der Waals surface area contributed by atoms with Crippen LogP contribution in [0.2, 0.25) is 0 Å². The van der Waals surface area contributed by atoms with Crippen LogP contribution in [-0.4, -0.2) is 36.9 Å². The quantitative estimate of drug-likeness (QED) is 0.630. The van der Waals surface area contributed by atoms with Crippen LogP contribution in [0.25, 0.3) is 0 Å². The lowest BCUT2D eigenvalue weighted by Gasteiger charge is -2.28. The normalized spacial score (nSPS) is 24.1. The highest BCUT2D eigenvalue weighted by Gasteiger charge is 2.36. The van der Waals surface area contributed by atoms with Crippen molar-refractivity contribution >= 4 is 18.8 Å². The largest absolute Gasteiger partial charge is 0.465 e. The average molecular weight is 297 g/mol. The van der Waals surface area contributed by atoms with Crippen molar-refractivity contribution in [2.75, 3.05) is 26.3 Å². The molecule has 0 bridgehead atoms. The number of benzene rings is 1. The summed E-state index contributed by atoms with van der Waals surface area (Å²) in [5.41, 5.74) is 0. The van der Waals surface area contributed by atoms with Gasteiger partial charge in [-0.1, -0.05) is 18.2 Å². The molecule has 1 heterocycles. The van der Waals surface area contributed by atoms with E-state index in [4.69, 9.17) is 9.26 Å². The van der Waals surface area contributed by atoms with Gasteiger partial charge < -0.3 is 9.26 Å². The second kappa shape index (κ2) is 7.02. The van der Waals surface area contributed by atoms with Gasteiger partial charge in [0.1, 0.15) is 6.54 Å². The molecule has 0 N–H and O–H groups in total. The zero-order valence-electron chi connectivity index (χ0n) is 11.7. The third-order valence-corrected chi connectivity index (χ3v) is 5.72. The molecule has 0 radical (unpaired) electrons. The summed E-state index contributed by atoms with van der Waals surface area (Å²) in [5, 5.41) is 0.631. The van der Waals surface area contributed by atoms with Crippen molar-refractivity contribution in [2.45, 2.75) is 19.8 Å². The van der Waals surface area contributed by atoms with Crippen LogP contribution in [0.3, 0.4) is 0 Å². The van der Waals surface area contributed by atoms with Crippen LogP contribution < -0.4 is 5.30 Å². The van der Waals surface area contributed by atoms with Gasteiger partial charge in [-0.25, -0.2) is 4.67 Å². The Morgan fingerprint density at radius 1 is 1.35 bits per heavy atom. The van der Waals surface area contributed by atoms with E-state index in [-0.39, 0.29) is 12.5 Å². The topological polar surface area (TPSA) is 55.8 Å². The predicted molar refractivity (Wildman–Crippen MR) is 77.1 cm³/mol. The van der Waals surface area contributed by atoms with E-state index in [9.17, 15) is 9.36 Å². The third-order valence-electron chi connectivity index (χ3n) is 3.15. The molecule has 1 aromatic carbocycles. The summed E-state index contributed by atoms with van der Waals surface area (Å²) in [5.74, 6) is -0.367. The summed E-state index contributed by atoms with van der Waals surface area (Å²) in [6.45, 7) is 3.10. The Hall–Kier alpha value is -1.16. The molecule has 0 aromatic heterocycles. The number of carbonyl (C=O) groups excluding carboxylic acids is 1. The van der Waals surface area contributed by atoms with Gasteiger partial charge in [0.25, 0.3) is 0 Å². The van der Waals surface area contributed by atoms with Crippen molar-refractivity contribution in [2.24, 2.45) is 0 Å². The molecular weight excluding hydrogens is 277 g/mol. The SMILES string of the molecule is CCOC(=O)CN1CCCCOP1(=O)c1ccccc1. The van der Waals surface area contributed by atoms with E-state index in [1.54, 1.807) is 23.7 Å². The predicted octanol–water partition coefficient (Wildman–Crippen LogP) is 2.18. The maximum Gasteiger partial charge on any atom is 0.320 e. The zero-order valence-corrected chi connectivity index (χ0v) is 12.6. The summed E-state index contributed by atoms with van der Waals surface area (Å²) in [7, 11) is -3.16. The molecule has 6 heteroatoms. The van der Waals surface area contributed by atoms with Gasteiger partial charge in [0, 0.05) is 6.54 Å². The fraction of sp³-hybridized carbons (Fsp3) is 0.500. The fourth-order valence-electron chi connectivity index (χ4n) is 2.18. The van der Waals surface area contributed by atoms with Crippen LogP contribution in [0, 0.1) is 0 Å². The molecule has 2 rings (SSSR count). The Labute approximate surface area is 119 Å². The van der Waals surface area contributed by atoms with Crippen LogP contribution in [0.4, 0.5) is 0 Å². The second-order valence-corrected chi connectivity index (χ2v) is 6.97. The highest BCUT2D eigenvalue weighted by Crippen LogP contribution is 2.51. The molecule has 110 valence electrons. The van der Waals surface area contributed by atoms with Gasteiger partial charge >= 0.3 is 13.5 Å². The van der Waals surface area contributed by atoms with Crippen LogP contribution in [0.5, 0.6) is 0 Å². The van der Waals surface area contributed by atoms with Gasteiger partial charge in [0.2, 0.25) is 0 Å². The van der Waals surface area contributed by atoms with Gasteiger partial charge in [-0.05, 0) is 31.9 Å². The van der Waals surface area contributed by atoms with Crippen LogP contribution in [0.15, 0.2) is 30.3 Å². The Morgan fingerprint density at radius 2 is 2.10 bits per heavy atom. The van der Waals surface area contributed by atoms with Gasteiger partial charge in [-0.3, -0.25) is 9.36 Å². The molecular formula is C14H20NO4P. The van der Waals surface area contributed by atoms with E-state index in [0.717, 1.165) is 12.8 Å². The fourth-order valence-corrected chi connectivity index (χ4v) is 4.45.